The monoisotopic (exact) mass is 511 g/mol. The van der Waals surface area contributed by atoms with Gasteiger partial charge in [-0.05, 0) is 31.0 Å². The number of carbonyl (C=O) groups is 1. The molecular formula is C26H36F3N3O4. The zero-order valence-electron chi connectivity index (χ0n) is 21.8. The third-order valence-electron chi connectivity index (χ3n) is 6.21. The van der Waals surface area contributed by atoms with E-state index in [1.165, 1.54) is 0 Å². The van der Waals surface area contributed by atoms with Gasteiger partial charge in [0.25, 0.3) is 5.91 Å². The lowest BCUT2D eigenvalue weighted by molar-refractivity contribution is -0.137. The quantitative estimate of drug-likeness (QED) is 0.596. The molecule has 0 unspecified atom stereocenters. The molecule has 1 aromatic heterocycles. The van der Waals surface area contributed by atoms with Crippen LogP contribution in [0.25, 0.3) is 0 Å². The van der Waals surface area contributed by atoms with E-state index in [0.29, 0.717) is 18.6 Å². The van der Waals surface area contributed by atoms with Gasteiger partial charge >= 0.3 is 6.18 Å². The van der Waals surface area contributed by atoms with E-state index in [0.717, 1.165) is 36.7 Å². The van der Waals surface area contributed by atoms with Gasteiger partial charge in [-0.2, -0.15) is 18.2 Å². The molecule has 0 bridgehead atoms. The topological polar surface area (TPSA) is 78.0 Å². The molecule has 0 radical (unpaired) electrons. The highest BCUT2D eigenvalue weighted by atomic mass is 19.4. The molecule has 0 spiro atoms. The Balaban J connectivity index is 2.10. The van der Waals surface area contributed by atoms with E-state index >= 15 is 0 Å². The first-order valence-corrected chi connectivity index (χ1v) is 12.1. The number of alkyl halides is 3. The highest BCUT2D eigenvalue weighted by Crippen LogP contribution is 2.33. The smallest absolute Gasteiger partial charge is 0.416 e. The summed E-state index contributed by atoms with van der Waals surface area (Å²) in [6.07, 6.45) is -2.84. The standard InChI is InChI=1S/C26H36F3N3O4/c1-24(2,3)21-13-22(32(31(21)6)14-18-8-7-11-35-18)30-23(34)19-12-17(26(27,28)29)9-10-20(19)36-16-25(4,5)15-33/h9-10,12-13,18,33H,7-8,11,14-16H2,1-6H3/t18-/m1/s1. The molecule has 1 N–H and O–H groups in total. The van der Waals surface area contributed by atoms with Crippen LogP contribution in [-0.2, 0) is 29.9 Å². The van der Waals surface area contributed by atoms with E-state index < -0.39 is 23.1 Å². The number of aromatic nitrogens is 2. The van der Waals surface area contributed by atoms with Crippen molar-refractivity contribution in [2.45, 2.75) is 71.7 Å². The van der Waals surface area contributed by atoms with E-state index in [2.05, 4.69) is 4.99 Å². The first kappa shape index (κ1) is 28.0. The van der Waals surface area contributed by atoms with Crippen molar-refractivity contribution in [3.63, 3.8) is 0 Å². The van der Waals surface area contributed by atoms with Crippen LogP contribution < -0.4 is 10.2 Å². The highest BCUT2D eigenvalue weighted by molar-refractivity contribution is 5.97. The molecule has 1 atom stereocenters. The fourth-order valence-electron chi connectivity index (χ4n) is 4.05. The molecule has 0 saturated carbocycles. The number of hydrogen-bond donors (Lipinski definition) is 1. The average Bonchev–Trinajstić information content (AvgIpc) is 3.40. The Morgan fingerprint density at radius 3 is 2.44 bits per heavy atom. The third kappa shape index (κ3) is 6.59. The van der Waals surface area contributed by atoms with Gasteiger partial charge in [-0.25, -0.2) is 0 Å². The number of ether oxygens (including phenoxy) is 2. The summed E-state index contributed by atoms with van der Waals surface area (Å²) in [7, 11) is 1.87. The maximum atomic E-state index is 13.5. The van der Waals surface area contributed by atoms with Gasteiger partial charge < -0.3 is 14.6 Å². The Morgan fingerprint density at radius 2 is 1.89 bits per heavy atom. The Bertz CT molecular complexity index is 1150. The van der Waals surface area contributed by atoms with Crippen molar-refractivity contribution >= 4 is 5.91 Å². The maximum absolute atomic E-state index is 13.5. The van der Waals surface area contributed by atoms with Gasteiger partial charge in [-0.15, -0.1) is 0 Å². The summed E-state index contributed by atoms with van der Waals surface area (Å²) in [6.45, 7) is 10.5. The van der Waals surface area contributed by atoms with E-state index in [1.54, 1.807) is 19.9 Å². The Kier molecular flexibility index (Phi) is 8.10. The van der Waals surface area contributed by atoms with Crippen molar-refractivity contribution in [2.75, 3.05) is 19.8 Å². The molecule has 1 saturated heterocycles. The van der Waals surface area contributed by atoms with Crippen LogP contribution in [0.2, 0.25) is 0 Å². The number of halogens is 3. The number of aliphatic hydroxyl groups excluding tert-OH is 1. The zero-order valence-corrected chi connectivity index (χ0v) is 21.8. The van der Waals surface area contributed by atoms with Crippen molar-refractivity contribution in [3.05, 3.63) is 46.6 Å². The van der Waals surface area contributed by atoms with Crippen molar-refractivity contribution in [1.29, 1.82) is 0 Å². The summed E-state index contributed by atoms with van der Waals surface area (Å²) in [5.41, 5.74) is -0.913. The molecule has 2 heterocycles. The van der Waals surface area contributed by atoms with Crippen LogP contribution in [-0.4, -0.2) is 46.3 Å². The van der Waals surface area contributed by atoms with Crippen LogP contribution >= 0.6 is 0 Å². The summed E-state index contributed by atoms with van der Waals surface area (Å²) in [5.74, 6) is -0.860. The van der Waals surface area contributed by atoms with E-state index in [1.807, 2.05) is 37.2 Å². The minimum atomic E-state index is -4.64. The van der Waals surface area contributed by atoms with Crippen LogP contribution in [0.4, 0.5) is 13.2 Å². The van der Waals surface area contributed by atoms with Gasteiger partial charge in [-0.3, -0.25) is 14.2 Å². The van der Waals surface area contributed by atoms with Gasteiger partial charge in [0, 0.05) is 36.2 Å². The molecule has 1 amide bonds. The fourth-order valence-corrected chi connectivity index (χ4v) is 4.05. The first-order chi connectivity index (χ1) is 16.6. The minimum Gasteiger partial charge on any atom is -0.492 e. The minimum absolute atomic E-state index is 0.00761. The molecule has 7 nitrogen and oxygen atoms in total. The molecule has 36 heavy (non-hydrogen) atoms. The maximum Gasteiger partial charge on any atom is 0.416 e. The van der Waals surface area contributed by atoms with Gasteiger partial charge in [0.15, 0.2) is 5.49 Å². The Labute approximate surface area is 209 Å². The number of aliphatic hydroxyl groups is 1. The number of hydrogen-bond acceptors (Lipinski definition) is 4. The fraction of sp³-hybridized carbons (Fsp3) is 0.615. The van der Waals surface area contributed by atoms with Crippen molar-refractivity contribution in [1.82, 2.24) is 9.36 Å². The lowest BCUT2D eigenvalue weighted by atomic mass is 9.92. The Hall–Kier alpha value is -2.59. The van der Waals surface area contributed by atoms with Crippen LogP contribution in [0.15, 0.2) is 29.3 Å². The number of benzene rings is 1. The molecule has 0 aliphatic carbocycles. The summed E-state index contributed by atoms with van der Waals surface area (Å²) < 4.78 is 55.6. The lowest BCUT2D eigenvalue weighted by Gasteiger charge is -2.22. The molecule has 200 valence electrons. The second-order valence-corrected chi connectivity index (χ2v) is 11.1. The predicted octanol–water partition coefficient (Wildman–Crippen LogP) is 4.46. The summed E-state index contributed by atoms with van der Waals surface area (Å²) >= 11 is 0. The molecular weight excluding hydrogens is 475 g/mol. The van der Waals surface area contributed by atoms with Gasteiger partial charge in [0.1, 0.15) is 5.75 Å². The molecule has 1 fully saturated rings. The van der Waals surface area contributed by atoms with Gasteiger partial charge in [-0.1, -0.05) is 34.6 Å². The molecule has 1 aliphatic heterocycles. The number of amides is 1. The lowest BCUT2D eigenvalue weighted by Crippen LogP contribution is -2.30. The van der Waals surface area contributed by atoms with Gasteiger partial charge in [0.05, 0.1) is 37.0 Å². The van der Waals surface area contributed by atoms with Crippen molar-refractivity contribution in [3.8, 4) is 5.75 Å². The summed E-state index contributed by atoms with van der Waals surface area (Å²) in [4.78, 5) is 17.6. The average molecular weight is 512 g/mol. The molecule has 1 aliphatic rings. The zero-order chi connectivity index (χ0) is 26.9. The van der Waals surface area contributed by atoms with Crippen LogP contribution in [0.1, 0.15) is 69.1 Å². The molecule has 2 aromatic rings. The normalized spacial score (nSPS) is 17.6. The Morgan fingerprint density at radius 1 is 1.19 bits per heavy atom. The van der Waals surface area contributed by atoms with E-state index in [4.69, 9.17) is 9.47 Å². The molecule has 1 aromatic carbocycles. The second kappa shape index (κ2) is 10.4. The van der Waals surface area contributed by atoms with E-state index in [9.17, 15) is 23.1 Å². The number of rotatable bonds is 7. The molecule has 10 heteroatoms. The summed E-state index contributed by atoms with van der Waals surface area (Å²) in [5, 5.41) is 9.51. The van der Waals surface area contributed by atoms with Crippen molar-refractivity contribution < 1.29 is 32.5 Å². The first-order valence-electron chi connectivity index (χ1n) is 12.1. The van der Waals surface area contributed by atoms with Crippen molar-refractivity contribution in [2.24, 2.45) is 17.5 Å². The highest BCUT2D eigenvalue weighted by Gasteiger charge is 2.32. The number of carbonyl (C=O) groups excluding carboxylic acids is 1. The van der Waals surface area contributed by atoms with Gasteiger partial charge in [0.2, 0.25) is 0 Å². The second-order valence-electron chi connectivity index (χ2n) is 11.1. The number of nitrogens with zero attached hydrogens (tertiary/aromatic N) is 3. The van der Waals surface area contributed by atoms with Crippen LogP contribution in [0.3, 0.4) is 0 Å². The predicted molar refractivity (Wildman–Crippen MR) is 129 cm³/mol. The molecule has 3 rings (SSSR count). The SMILES string of the molecule is Cn1c(C(C)(C)C)cc(=NC(=O)c2cc(C(F)(F)F)ccc2OCC(C)(C)CO)n1C[C@H]1CCCO1. The van der Waals surface area contributed by atoms with Crippen LogP contribution in [0, 0.1) is 5.41 Å². The van der Waals surface area contributed by atoms with Crippen LogP contribution in [0.5, 0.6) is 5.75 Å². The largest absolute Gasteiger partial charge is 0.492 e. The van der Waals surface area contributed by atoms with E-state index in [-0.39, 0.29) is 36.0 Å². The summed E-state index contributed by atoms with van der Waals surface area (Å²) in [6, 6.07) is 4.56. The third-order valence-corrected chi connectivity index (χ3v) is 6.21.